The predicted molar refractivity (Wildman–Crippen MR) is 239 cm³/mol. The summed E-state index contributed by atoms with van der Waals surface area (Å²) < 4.78 is 0. The molecule has 0 aliphatic heterocycles. The van der Waals surface area contributed by atoms with Crippen LogP contribution >= 0.6 is 0 Å². The molecule has 264 valence electrons. The summed E-state index contributed by atoms with van der Waals surface area (Å²) in [5.74, 6) is 0. The van der Waals surface area contributed by atoms with Crippen LogP contribution in [0, 0.1) is 0 Å². The minimum absolute atomic E-state index is 1.10. The molecule has 10 aromatic rings. The van der Waals surface area contributed by atoms with Gasteiger partial charge in [-0.3, -0.25) is 0 Å². The van der Waals surface area contributed by atoms with Crippen molar-refractivity contribution in [3.63, 3.8) is 0 Å². The van der Waals surface area contributed by atoms with E-state index in [1.165, 1.54) is 21.5 Å². The molecule has 56 heavy (non-hydrogen) atoms. The fraction of sp³-hybridized carbons (Fsp3) is 0. The van der Waals surface area contributed by atoms with Crippen molar-refractivity contribution in [2.45, 2.75) is 0 Å². The monoisotopic (exact) mass is 714 g/mol. The van der Waals surface area contributed by atoms with Crippen LogP contribution in [0.3, 0.4) is 0 Å². The number of hydrogen-bond acceptors (Lipinski definition) is 2. The minimum Gasteiger partial charge on any atom is -0.309 e. The Morgan fingerprint density at radius 2 is 0.571 bits per heavy atom. The van der Waals surface area contributed by atoms with Crippen molar-refractivity contribution in [3.05, 3.63) is 231 Å². The standard InChI is InChI=1S/C54H38N2/c1-5-19-41(20-6-1)49-35-43-38-54(56(46-29-11-4-12-30-46)52-34-18-26-40-24-14-16-32-48(40)52)50(42-21-7-2-8-22-42)36-44(43)37-53(49)55(45-27-9-3-10-28-45)51-33-17-25-39-23-13-15-31-47(39)51/h1-38H. The molecular weight excluding hydrogens is 677 g/mol. The summed E-state index contributed by atoms with van der Waals surface area (Å²) >= 11 is 0. The van der Waals surface area contributed by atoms with Gasteiger partial charge in [-0.15, -0.1) is 0 Å². The maximum absolute atomic E-state index is 2.44. The summed E-state index contributed by atoms with van der Waals surface area (Å²) in [6, 6.07) is 83.3. The van der Waals surface area contributed by atoms with Gasteiger partial charge in [0.25, 0.3) is 0 Å². The van der Waals surface area contributed by atoms with E-state index in [1.54, 1.807) is 0 Å². The summed E-state index contributed by atoms with van der Waals surface area (Å²) in [6.45, 7) is 0. The molecule has 0 radical (unpaired) electrons. The average molecular weight is 715 g/mol. The van der Waals surface area contributed by atoms with Crippen LogP contribution in [0.2, 0.25) is 0 Å². The number of nitrogens with zero attached hydrogens (tertiary/aromatic N) is 2. The largest absolute Gasteiger partial charge is 0.309 e. The number of rotatable bonds is 8. The van der Waals surface area contributed by atoms with Gasteiger partial charge in [0.2, 0.25) is 0 Å². The van der Waals surface area contributed by atoms with E-state index in [2.05, 4.69) is 240 Å². The molecule has 0 saturated carbocycles. The lowest BCUT2D eigenvalue weighted by atomic mass is 9.93. The van der Waals surface area contributed by atoms with Crippen molar-refractivity contribution in [2.75, 3.05) is 9.80 Å². The van der Waals surface area contributed by atoms with Gasteiger partial charge >= 0.3 is 0 Å². The molecule has 2 nitrogen and oxygen atoms in total. The van der Waals surface area contributed by atoms with Gasteiger partial charge in [-0.05, 0) is 93.3 Å². The van der Waals surface area contributed by atoms with Crippen LogP contribution in [-0.4, -0.2) is 0 Å². The Morgan fingerprint density at radius 3 is 0.982 bits per heavy atom. The molecule has 0 spiro atoms. The Bertz CT molecular complexity index is 2740. The Kier molecular flexibility index (Phi) is 8.55. The molecular formula is C54H38N2. The second-order valence-electron chi connectivity index (χ2n) is 14.2. The summed E-state index contributed by atoms with van der Waals surface area (Å²) in [7, 11) is 0. The number of anilines is 6. The SMILES string of the molecule is c1ccc(-c2cc3cc(N(c4ccccc4)c4cccc5ccccc45)c(-c4ccccc4)cc3cc2N(c2ccccc2)c2cccc3ccccc23)cc1. The third-order valence-corrected chi connectivity index (χ3v) is 10.8. The van der Waals surface area contributed by atoms with E-state index in [0.29, 0.717) is 0 Å². The Labute approximate surface area is 327 Å². The zero-order chi connectivity index (χ0) is 37.3. The molecule has 2 heteroatoms. The molecule has 10 aromatic carbocycles. The zero-order valence-corrected chi connectivity index (χ0v) is 30.8. The van der Waals surface area contributed by atoms with Crippen LogP contribution in [0.5, 0.6) is 0 Å². The fourth-order valence-corrected chi connectivity index (χ4v) is 8.17. The lowest BCUT2D eigenvalue weighted by molar-refractivity contribution is 1.30. The highest BCUT2D eigenvalue weighted by atomic mass is 15.2. The van der Waals surface area contributed by atoms with E-state index < -0.39 is 0 Å². The lowest BCUT2D eigenvalue weighted by Crippen LogP contribution is -2.13. The van der Waals surface area contributed by atoms with Crippen LogP contribution in [-0.2, 0) is 0 Å². The zero-order valence-electron chi connectivity index (χ0n) is 30.8. The summed E-state index contributed by atoms with van der Waals surface area (Å²) in [4.78, 5) is 4.87. The van der Waals surface area contributed by atoms with Crippen LogP contribution in [0.4, 0.5) is 34.1 Å². The van der Waals surface area contributed by atoms with E-state index in [9.17, 15) is 0 Å². The number of fused-ring (bicyclic) bond motifs is 3. The normalized spacial score (nSPS) is 11.2. The van der Waals surface area contributed by atoms with E-state index in [4.69, 9.17) is 0 Å². The van der Waals surface area contributed by atoms with E-state index >= 15 is 0 Å². The van der Waals surface area contributed by atoms with Crippen molar-refractivity contribution in [2.24, 2.45) is 0 Å². The molecule has 0 aliphatic rings. The Hall–Kier alpha value is -7.42. The molecule has 0 unspecified atom stereocenters. The van der Waals surface area contributed by atoms with Gasteiger partial charge in [-0.2, -0.15) is 0 Å². The Balaban J connectivity index is 1.30. The first-order valence-corrected chi connectivity index (χ1v) is 19.2. The molecule has 0 heterocycles. The van der Waals surface area contributed by atoms with E-state index in [1.807, 2.05) is 0 Å². The van der Waals surface area contributed by atoms with Crippen LogP contribution in [0.15, 0.2) is 231 Å². The van der Waals surface area contributed by atoms with Crippen molar-refractivity contribution in [1.82, 2.24) is 0 Å². The van der Waals surface area contributed by atoms with Gasteiger partial charge < -0.3 is 9.80 Å². The van der Waals surface area contributed by atoms with E-state index in [0.717, 1.165) is 67.2 Å². The summed E-state index contributed by atoms with van der Waals surface area (Å²) in [5.41, 5.74) is 11.3. The van der Waals surface area contributed by atoms with Gasteiger partial charge in [-0.25, -0.2) is 0 Å². The van der Waals surface area contributed by atoms with Crippen molar-refractivity contribution in [3.8, 4) is 22.3 Å². The highest BCUT2D eigenvalue weighted by Crippen LogP contribution is 2.49. The topological polar surface area (TPSA) is 6.48 Å². The van der Waals surface area contributed by atoms with Gasteiger partial charge in [0.05, 0.1) is 22.7 Å². The molecule has 10 rings (SSSR count). The third-order valence-electron chi connectivity index (χ3n) is 10.8. The minimum atomic E-state index is 1.10. The Morgan fingerprint density at radius 1 is 0.232 bits per heavy atom. The van der Waals surface area contributed by atoms with Crippen molar-refractivity contribution >= 4 is 66.4 Å². The third kappa shape index (κ3) is 6.04. The molecule has 0 aliphatic carbocycles. The maximum atomic E-state index is 2.44. The molecule has 0 aromatic heterocycles. The van der Waals surface area contributed by atoms with Crippen molar-refractivity contribution < 1.29 is 0 Å². The molecule has 0 amide bonds. The summed E-state index contributed by atoms with van der Waals surface area (Å²) in [5, 5.41) is 7.14. The highest BCUT2D eigenvalue weighted by Gasteiger charge is 2.23. The first-order chi connectivity index (χ1) is 27.8. The van der Waals surface area contributed by atoms with Crippen LogP contribution in [0.1, 0.15) is 0 Å². The molecule has 0 saturated heterocycles. The van der Waals surface area contributed by atoms with Crippen LogP contribution in [0.25, 0.3) is 54.6 Å². The molecule has 0 atom stereocenters. The number of hydrogen-bond donors (Lipinski definition) is 0. The van der Waals surface area contributed by atoms with Gasteiger partial charge in [0.1, 0.15) is 0 Å². The van der Waals surface area contributed by atoms with E-state index in [-0.39, 0.29) is 0 Å². The maximum Gasteiger partial charge on any atom is 0.0546 e. The second-order valence-corrected chi connectivity index (χ2v) is 14.2. The fourth-order valence-electron chi connectivity index (χ4n) is 8.17. The lowest BCUT2D eigenvalue weighted by Gasteiger charge is -2.31. The summed E-state index contributed by atoms with van der Waals surface area (Å²) in [6.07, 6.45) is 0. The smallest absolute Gasteiger partial charge is 0.0546 e. The average Bonchev–Trinajstić information content (AvgIpc) is 3.28. The number of para-hydroxylation sites is 2. The van der Waals surface area contributed by atoms with Gasteiger partial charge in [0, 0.05) is 33.3 Å². The molecule has 0 N–H and O–H groups in total. The molecule has 0 fully saturated rings. The highest BCUT2D eigenvalue weighted by molar-refractivity contribution is 6.08. The van der Waals surface area contributed by atoms with Crippen LogP contribution < -0.4 is 9.80 Å². The van der Waals surface area contributed by atoms with Crippen molar-refractivity contribution in [1.29, 1.82) is 0 Å². The van der Waals surface area contributed by atoms with Gasteiger partial charge in [0.15, 0.2) is 0 Å². The van der Waals surface area contributed by atoms with Gasteiger partial charge in [-0.1, -0.05) is 170 Å². The predicted octanol–water partition coefficient (Wildman–Crippen LogP) is 15.4. The molecule has 0 bridgehead atoms. The first kappa shape index (κ1) is 33.2. The second kappa shape index (κ2) is 14.4. The quantitative estimate of drug-likeness (QED) is 0.155. The first-order valence-electron chi connectivity index (χ1n) is 19.2. The number of benzene rings is 10.